The van der Waals surface area contributed by atoms with Gasteiger partial charge in [0.2, 0.25) is 0 Å². The topological polar surface area (TPSA) is 73.2 Å². The molecular formula is C14H21N3O3. The zero-order valence-corrected chi connectivity index (χ0v) is 12.2. The molecule has 1 aromatic rings. The molecule has 2 rings (SSSR count). The molecule has 1 aliphatic heterocycles. The molecular weight excluding hydrogens is 258 g/mol. The fraction of sp³-hybridized carbons (Fsp3) is 0.643. The molecule has 0 radical (unpaired) electrons. The average Bonchev–Trinajstić information content (AvgIpc) is 2.80. The Morgan fingerprint density at radius 3 is 2.90 bits per heavy atom. The number of aromatic nitrogens is 2. The van der Waals surface area contributed by atoms with Gasteiger partial charge in [-0.25, -0.2) is 4.79 Å². The summed E-state index contributed by atoms with van der Waals surface area (Å²) in [7, 11) is 0. The molecule has 6 nitrogen and oxygen atoms in total. The summed E-state index contributed by atoms with van der Waals surface area (Å²) in [6.45, 7) is 6.89. The third-order valence-electron chi connectivity index (χ3n) is 3.67. The molecule has 1 amide bonds. The van der Waals surface area contributed by atoms with E-state index in [9.17, 15) is 9.59 Å². The molecule has 1 aliphatic rings. The van der Waals surface area contributed by atoms with Crippen molar-refractivity contribution in [3.8, 4) is 0 Å². The van der Waals surface area contributed by atoms with Crippen molar-refractivity contribution < 1.29 is 9.53 Å². The van der Waals surface area contributed by atoms with E-state index in [1.54, 1.807) is 18.4 Å². The lowest BCUT2D eigenvalue weighted by Gasteiger charge is -2.22. The number of nitrogens with zero attached hydrogens (tertiary/aromatic N) is 2. The van der Waals surface area contributed by atoms with Crippen LogP contribution in [0.1, 0.15) is 31.2 Å². The number of aryl methyl sites for hydroxylation is 2. The first-order chi connectivity index (χ1) is 9.42. The molecule has 0 unspecified atom stereocenters. The first-order valence-electron chi connectivity index (χ1n) is 6.90. The number of carbonyl (C=O) groups is 1. The van der Waals surface area contributed by atoms with Crippen LogP contribution < -0.4 is 11.0 Å². The molecule has 6 heteroatoms. The van der Waals surface area contributed by atoms with Gasteiger partial charge in [-0.1, -0.05) is 0 Å². The van der Waals surface area contributed by atoms with E-state index in [0.29, 0.717) is 25.4 Å². The van der Waals surface area contributed by atoms with Gasteiger partial charge >= 0.3 is 5.69 Å². The van der Waals surface area contributed by atoms with Crippen LogP contribution in [0.2, 0.25) is 0 Å². The van der Waals surface area contributed by atoms with Gasteiger partial charge < -0.3 is 10.1 Å². The van der Waals surface area contributed by atoms with Gasteiger partial charge in [0.05, 0.1) is 0 Å². The lowest BCUT2D eigenvalue weighted by molar-refractivity contribution is -0.139. The van der Waals surface area contributed by atoms with Gasteiger partial charge in [0.25, 0.3) is 5.91 Å². The van der Waals surface area contributed by atoms with Crippen LogP contribution in [0.5, 0.6) is 0 Å². The monoisotopic (exact) mass is 279 g/mol. The molecule has 0 aromatic carbocycles. The summed E-state index contributed by atoms with van der Waals surface area (Å²) in [5, 5.41) is 2.83. The summed E-state index contributed by atoms with van der Waals surface area (Å²) >= 11 is 0. The summed E-state index contributed by atoms with van der Waals surface area (Å²) in [4.78, 5) is 27.7. The van der Waals surface area contributed by atoms with Gasteiger partial charge in [0.15, 0.2) is 0 Å². The lowest BCUT2D eigenvalue weighted by Crippen LogP contribution is -2.45. The normalized spacial score (nSPS) is 21.9. The lowest BCUT2D eigenvalue weighted by atomic mass is 10.0. The quantitative estimate of drug-likeness (QED) is 0.873. The van der Waals surface area contributed by atoms with E-state index >= 15 is 0 Å². The summed E-state index contributed by atoms with van der Waals surface area (Å²) in [6.07, 6.45) is 1.65. The highest BCUT2D eigenvalue weighted by atomic mass is 16.5. The maximum atomic E-state index is 12.0. The standard InChI is InChI=1S/C14H21N3O3/c1-10-9-11(2)17(13(19)16-10)7-6-15-12(18)14(3)5-4-8-20-14/h9H,4-8H2,1-3H3,(H,15,18)/t14-/m0/s1. The van der Waals surface area contributed by atoms with E-state index in [1.165, 1.54) is 0 Å². The van der Waals surface area contributed by atoms with Gasteiger partial charge in [-0.15, -0.1) is 0 Å². The van der Waals surface area contributed by atoms with Crippen molar-refractivity contribution in [3.05, 3.63) is 27.9 Å². The number of rotatable bonds is 4. The molecule has 1 fully saturated rings. The number of nitrogens with one attached hydrogen (secondary N) is 1. The average molecular weight is 279 g/mol. The van der Waals surface area contributed by atoms with E-state index in [-0.39, 0.29) is 11.6 Å². The molecule has 2 heterocycles. The molecule has 0 bridgehead atoms. The first-order valence-corrected chi connectivity index (χ1v) is 6.90. The SMILES string of the molecule is Cc1cc(C)n(CCNC(=O)[C@]2(C)CCCO2)c(=O)n1. The van der Waals surface area contributed by atoms with Crippen LogP contribution in [0.3, 0.4) is 0 Å². The largest absolute Gasteiger partial charge is 0.365 e. The summed E-state index contributed by atoms with van der Waals surface area (Å²) in [6, 6.07) is 1.85. The Hall–Kier alpha value is -1.69. The van der Waals surface area contributed by atoms with Crippen molar-refractivity contribution in [2.45, 2.75) is 45.8 Å². The Labute approximate surface area is 118 Å². The Bertz CT molecular complexity index is 559. The summed E-state index contributed by atoms with van der Waals surface area (Å²) in [5.74, 6) is -0.110. The highest BCUT2D eigenvalue weighted by Crippen LogP contribution is 2.24. The molecule has 110 valence electrons. The van der Waals surface area contributed by atoms with Crippen molar-refractivity contribution in [2.24, 2.45) is 0 Å². The van der Waals surface area contributed by atoms with Crippen molar-refractivity contribution in [1.82, 2.24) is 14.9 Å². The highest BCUT2D eigenvalue weighted by Gasteiger charge is 2.37. The molecule has 0 aliphatic carbocycles. The number of hydrogen-bond donors (Lipinski definition) is 1. The number of hydrogen-bond acceptors (Lipinski definition) is 4. The van der Waals surface area contributed by atoms with Crippen molar-refractivity contribution in [2.75, 3.05) is 13.2 Å². The van der Waals surface area contributed by atoms with E-state index < -0.39 is 5.60 Å². The van der Waals surface area contributed by atoms with Gasteiger partial charge in [0.1, 0.15) is 5.60 Å². The van der Waals surface area contributed by atoms with E-state index in [1.807, 2.05) is 13.0 Å². The van der Waals surface area contributed by atoms with Gasteiger partial charge in [-0.3, -0.25) is 9.36 Å². The predicted octanol–water partition coefficient (Wildman–Crippen LogP) is 0.545. The molecule has 20 heavy (non-hydrogen) atoms. The van der Waals surface area contributed by atoms with Crippen LogP contribution >= 0.6 is 0 Å². The molecule has 1 saturated heterocycles. The van der Waals surface area contributed by atoms with Crippen LogP contribution in [0.25, 0.3) is 0 Å². The number of amides is 1. The van der Waals surface area contributed by atoms with Crippen LogP contribution in [0.4, 0.5) is 0 Å². The van der Waals surface area contributed by atoms with E-state index in [2.05, 4.69) is 10.3 Å². The van der Waals surface area contributed by atoms with Crippen LogP contribution in [0.15, 0.2) is 10.9 Å². The maximum absolute atomic E-state index is 12.0. The van der Waals surface area contributed by atoms with Gasteiger partial charge in [0, 0.05) is 31.1 Å². The zero-order chi connectivity index (χ0) is 14.8. The van der Waals surface area contributed by atoms with Gasteiger partial charge in [-0.2, -0.15) is 4.98 Å². The first kappa shape index (κ1) is 14.7. The van der Waals surface area contributed by atoms with Crippen LogP contribution in [0, 0.1) is 13.8 Å². The Kier molecular flexibility index (Phi) is 4.23. The summed E-state index contributed by atoms with van der Waals surface area (Å²) < 4.78 is 7.04. The number of carbonyl (C=O) groups excluding carboxylic acids is 1. The Morgan fingerprint density at radius 2 is 2.30 bits per heavy atom. The van der Waals surface area contributed by atoms with Crippen molar-refractivity contribution in [3.63, 3.8) is 0 Å². The predicted molar refractivity (Wildman–Crippen MR) is 74.6 cm³/mol. The molecule has 1 atom stereocenters. The fourth-order valence-electron chi connectivity index (χ4n) is 2.47. The Balaban J connectivity index is 1.94. The van der Waals surface area contributed by atoms with Crippen molar-refractivity contribution >= 4 is 5.91 Å². The number of ether oxygens (including phenoxy) is 1. The van der Waals surface area contributed by atoms with Crippen LogP contribution in [-0.2, 0) is 16.1 Å². The third-order valence-corrected chi connectivity index (χ3v) is 3.67. The minimum Gasteiger partial charge on any atom is -0.365 e. The minimum absolute atomic E-state index is 0.110. The third kappa shape index (κ3) is 3.07. The summed E-state index contributed by atoms with van der Waals surface area (Å²) in [5.41, 5.74) is 0.561. The smallest absolute Gasteiger partial charge is 0.348 e. The molecule has 1 N–H and O–H groups in total. The van der Waals surface area contributed by atoms with E-state index in [4.69, 9.17) is 4.74 Å². The van der Waals surface area contributed by atoms with E-state index in [0.717, 1.165) is 18.5 Å². The van der Waals surface area contributed by atoms with Crippen LogP contribution in [-0.4, -0.2) is 34.2 Å². The molecule has 0 saturated carbocycles. The second kappa shape index (κ2) is 5.75. The second-order valence-corrected chi connectivity index (χ2v) is 5.41. The Morgan fingerprint density at radius 1 is 1.55 bits per heavy atom. The molecule has 0 spiro atoms. The van der Waals surface area contributed by atoms with Gasteiger partial charge in [-0.05, 0) is 39.7 Å². The minimum atomic E-state index is -0.717. The highest BCUT2D eigenvalue weighted by molar-refractivity contribution is 5.84. The second-order valence-electron chi connectivity index (χ2n) is 5.41. The fourth-order valence-corrected chi connectivity index (χ4v) is 2.47. The van der Waals surface area contributed by atoms with Crippen molar-refractivity contribution in [1.29, 1.82) is 0 Å². The molecule has 1 aromatic heterocycles. The zero-order valence-electron chi connectivity index (χ0n) is 12.2. The maximum Gasteiger partial charge on any atom is 0.348 e.